The van der Waals surface area contributed by atoms with Gasteiger partial charge in [0.05, 0.1) is 16.9 Å². The molecule has 3 fully saturated rings. The second-order valence-electron chi connectivity index (χ2n) is 7.72. The maximum atomic E-state index is 12.4. The summed E-state index contributed by atoms with van der Waals surface area (Å²) in [4.78, 5) is 26.7. The summed E-state index contributed by atoms with van der Waals surface area (Å²) in [6, 6.07) is 7.91. The number of aromatic nitrogens is 3. The fourth-order valence-electron chi connectivity index (χ4n) is 4.54. The van der Waals surface area contributed by atoms with E-state index in [0.29, 0.717) is 12.0 Å². The van der Waals surface area contributed by atoms with Crippen molar-refractivity contribution in [1.82, 2.24) is 24.2 Å². The van der Waals surface area contributed by atoms with Gasteiger partial charge in [-0.2, -0.15) is 0 Å². The van der Waals surface area contributed by atoms with Gasteiger partial charge in [0, 0.05) is 56.4 Å². The Morgan fingerprint density at radius 1 is 1.11 bits per heavy atom. The minimum absolute atomic E-state index is 0.000685. The Bertz CT molecular complexity index is 985. The number of hydrogen-bond acceptors (Lipinski definition) is 6. The van der Waals surface area contributed by atoms with Gasteiger partial charge in [0.1, 0.15) is 5.65 Å². The zero-order chi connectivity index (χ0) is 18.2. The predicted octanol–water partition coefficient (Wildman–Crippen LogP) is 2.25. The van der Waals surface area contributed by atoms with Crippen molar-refractivity contribution in [2.75, 3.05) is 19.6 Å². The molecule has 0 N–H and O–H groups in total. The molecule has 140 valence electrons. The van der Waals surface area contributed by atoms with Crippen molar-refractivity contribution in [3.63, 3.8) is 0 Å². The maximum absolute atomic E-state index is 12.4. The van der Waals surface area contributed by atoms with Crippen molar-refractivity contribution >= 4 is 17.0 Å². The summed E-state index contributed by atoms with van der Waals surface area (Å²) in [5, 5.41) is 2.15. The van der Waals surface area contributed by atoms with Crippen LogP contribution in [0, 0.1) is 5.92 Å². The molecule has 0 aromatic carbocycles. The van der Waals surface area contributed by atoms with E-state index in [2.05, 4.69) is 20.2 Å². The van der Waals surface area contributed by atoms with Gasteiger partial charge in [-0.3, -0.25) is 19.0 Å². The summed E-state index contributed by atoms with van der Waals surface area (Å²) in [5.74, 6) is 0.684. The van der Waals surface area contributed by atoms with Gasteiger partial charge in [0.25, 0.3) is 5.56 Å². The number of pyridine rings is 1. The van der Waals surface area contributed by atoms with Gasteiger partial charge >= 0.3 is 0 Å². The lowest BCUT2D eigenvalue weighted by Crippen LogP contribution is -2.43. The topological polar surface area (TPSA) is 53.7 Å². The molecule has 3 aromatic heterocycles. The van der Waals surface area contributed by atoms with E-state index in [9.17, 15) is 4.79 Å². The summed E-state index contributed by atoms with van der Waals surface area (Å²) in [6.45, 7) is 5.00. The van der Waals surface area contributed by atoms with Crippen LogP contribution < -0.4 is 5.56 Å². The van der Waals surface area contributed by atoms with Crippen molar-refractivity contribution in [2.45, 2.75) is 32.0 Å². The molecule has 27 heavy (non-hydrogen) atoms. The van der Waals surface area contributed by atoms with E-state index in [1.165, 1.54) is 18.5 Å². The molecule has 3 saturated heterocycles. The van der Waals surface area contributed by atoms with Gasteiger partial charge < -0.3 is 0 Å². The number of nitrogens with zero attached hydrogens (tertiary/aromatic N) is 5. The number of hydrogen-bond donors (Lipinski definition) is 0. The molecule has 0 radical (unpaired) electrons. The monoisotopic (exact) mass is 381 g/mol. The van der Waals surface area contributed by atoms with Crippen LogP contribution in [0.4, 0.5) is 0 Å². The van der Waals surface area contributed by atoms with E-state index in [-0.39, 0.29) is 5.56 Å². The third kappa shape index (κ3) is 3.54. The average Bonchev–Trinajstić information content (AvgIpc) is 3.02. The first-order valence-corrected chi connectivity index (χ1v) is 10.5. The standard InChI is InChI=1S/C20H23N5OS/c26-20-7-16(22-19-3-1-2-6-25(19)20)11-24-9-15-4-5-18(24)12-23(8-15)10-17-13-27-14-21-17/h1-3,6-7,13-15,18H,4-5,8-12H2/t15-,18+/m0/s1. The molecule has 0 amide bonds. The van der Waals surface area contributed by atoms with Crippen molar-refractivity contribution in [2.24, 2.45) is 5.92 Å². The Balaban J connectivity index is 1.35. The highest BCUT2D eigenvalue weighted by Gasteiger charge is 2.35. The molecule has 6 nitrogen and oxygen atoms in total. The highest BCUT2D eigenvalue weighted by molar-refractivity contribution is 7.07. The summed E-state index contributed by atoms with van der Waals surface area (Å²) in [7, 11) is 0. The Labute approximate surface area is 162 Å². The van der Waals surface area contributed by atoms with E-state index in [0.717, 1.165) is 44.1 Å². The molecule has 0 saturated carbocycles. The van der Waals surface area contributed by atoms with Crippen molar-refractivity contribution < 1.29 is 0 Å². The van der Waals surface area contributed by atoms with Crippen molar-refractivity contribution in [1.29, 1.82) is 0 Å². The van der Waals surface area contributed by atoms with Gasteiger partial charge in [0.2, 0.25) is 0 Å². The molecule has 3 aliphatic heterocycles. The number of piperidine rings is 1. The normalized spacial score (nSPS) is 23.7. The summed E-state index contributed by atoms with van der Waals surface area (Å²) < 4.78 is 1.60. The molecular formula is C20H23N5OS. The first-order valence-electron chi connectivity index (χ1n) is 9.55. The van der Waals surface area contributed by atoms with E-state index in [1.54, 1.807) is 28.0 Å². The van der Waals surface area contributed by atoms with Crippen LogP contribution in [0.1, 0.15) is 24.2 Å². The van der Waals surface area contributed by atoms with Crippen LogP contribution in [-0.2, 0) is 13.1 Å². The van der Waals surface area contributed by atoms with Gasteiger partial charge in [-0.1, -0.05) is 6.07 Å². The summed E-state index contributed by atoms with van der Waals surface area (Å²) >= 11 is 1.67. The quantitative estimate of drug-likeness (QED) is 0.694. The fourth-order valence-corrected chi connectivity index (χ4v) is 5.09. The van der Waals surface area contributed by atoms with Crippen LogP contribution in [0.25, 0.3) is 5.65 Å². The molecule has 2 atom stereocenters. The first-order chi connectivity index (χ1) is 13.2. The van der Waals surface area contributed by atoms with Crippen LogP contribution in [0.5, 0.6) is 0 Å². The predicted molar refractivity (Wildman–Crippen MR) is 106 cm³/mol. The van der Waals surface area contributed by atoms with Crippen LogP contribution >= 0.6 is 11.3 Å². The lowest BCUT2D eigenvalue weighted by Gasteiger charge is -2.35. The van der Waals surface area contributed by atoms with Crippen LogP contribution in [-0.4, -0.2) is 49.8 Å². The van der Waals surface area contributed by atoms with Crippen LogP contribution in [0.2, 0.25) is 0 Å². The Morgan fingerprint density at radius 2 is 2.07 bits per heavy atom. The Morgan fingerprint density at radius 3 is 2.96 bits per heavy atom. The van der Waals surface area contributed by atoms with Crippen molar-refractivity contribution in [3.05, 3.63) is 63.1 Å². The largest absolute Gasteiger partial charge is 0.296 e. The SMILES string of the molecule is O=c1cc(CN2C[C@H]3CC[C@@H]2CN(Cc2cscn2)C3)nc2ccccn12. The third-order valence-electron chi connectivity index (χ3n) is 5.76. The maximum Gasteiger partial charge on any atom is 0.258 e. The number of rotatable bonds is 4. The Hall–Kier alpha value is -2.09. The lowest BCUT2D eigenvalue weighted by atomic mass is 9.95. The van der Waals surface area contributed by atoms with E-state index < -0.39 is 0 Å². The lowest BCUT2D eigenvalue weighted by molar-refractivity contribution is 0.121. The highest BCUT2D eigenvalue weighted by Crippen LogP contribution is 2.29. The second-order valence-corrected chi connectivity index (χ2v) is 8.43. The Kier molecular flexibility index (Phi) is 4.51. The van der Waals surface area contributed by atoms with Gasteiger partial charge in [0.15, 0.2) is 0 Å². The molecule has 0 aliphatic carbocycles. The van der Waals surface area contributed by atoms with Crippen LogP contribution in [0.3, 0.4) is 0 Å². The molecule has 2 bridgehead atoms. The molecule has 6 rings (SSSR count). The molecule has 0 unspecified atom stereocenters. The number of thiazole rings is 1. The van der Waals surface area contributed by atoms with Gasteiger partial charge in [-0.05, 0) is 30.9 Å². The molecule has 6 heterocycles. The number of fused-ring (bicyclic) bond motifs is 5. The van der Waals surface area contributed by atoms with E-state index in [1.807, 2.05) is 23.7 Å². The fraction of sp³-hybridized carbons (Fsp3) is 0.450. The van der Waals surface area contributed by atoms with Crippen LogP contribution in [0.15, 0.2) is 46.1 Å². The minimum Gasteiger partial charge on any atom is -0.296 e. The molecule has 3 aromatic rings. The molecule has 0 spiro atoms. The third-order valence-corrected chi connectivity index (χ3v) is 6.40. The molecule has 7 heteroatoms. The zero-order valence-corrected chi connectivity index (χ0v) is 16.0. The van der Waals surface area contributed by atoms with Crippen molar-refractivity contribution in [3.8, 4) is 0 Å². The van der Waals surface area contributed by atoms with Gasteiger partial charge in [-0.25, -0.2) is 9.97 Å². The first kappa shape index (κ1) is 17.0. The molecular weight excluding hydrogens is 358 g/mol. The average molecular weight is 382 g/mol. The van der Waals surface area contributed by atoms with E-state index in [4.69, 9.17) is 4.98 Å². The molecule has 3 aliphatic rings. The summed E-state index contributed by atoms with van der Waals surface area (Å²) in [6.07, 6.45) is 4.30. The van der Waals surface area contributed by atoms with Gasteiger partial charge in [-0.15, -0.1) is 11.3 Å². The summed E-state index contributed by atoms with van der Waals surface area (Å²) in [5.41, 5.74) is 4.70. The highest BCUT2D eigenvalue weighted by atomic mass is 32.1. The second kappa shape index (κ2) is 7.14. The van der Waals surface area contributed by atoms with E-state index >= 15 is 0 Å². The smallest absolute Gasteiger partial charge is 0.258 e. The zero-order valence-electron chi connectivity index (χ0n) is 15.2. The minimum atomic E-state index is 0.000685.